The summed E-state index contributed by atoms with van der Waals surface area (Å²) in [5.41, 5.74) is 3.69. The Bertz CT molecular complexity index is 630. The van der Waals surface area contributed by atoms with E-state index in [1.807, 2.05) is 12.3 Å². The molecule has 0 bridgehead atoms. The topological polar surface area (TPSA) is 64.6 Å². The molecule has 6 nitrogen and oxygen atoms in total. The van der Waals surface area contributed by atoms with E-state index in [0.717, 1.165) is 45.7 Å². The normalized spacial score (nSPS) is 16.6. The smallest absolute Gasteiger partial charge is 0.0695 e. The zero-order chi connectivity index (χ0) is 20.6. The van der Waals surface area contributed by atoms with Gasteiger partial charge in [-0.3, -0.25) is 10.00 Å². The first-order valence-corrected chi connectivity index (χ1v) is 9.67. The van der Waals surface area contributed by atoms with Gasteiger partial charge in [0, 0.05) is 32.3 Å². The number of likely N-dealkylation sites (N-methyl/N-ethyl adjacent to an activating group) is 1. The Morgan fingerprint density at radius 1 is 1.04 bits per heavy atom. The number of nitrogens with one attached hydrogen (secondary N) is 1. The van der Waals surface area contributed by atoms with Crippen molar-refractivity contribution in [1.82, 2.24) is 20.0 Å². The lowest BCUT2D eigenvalue weighted by atomic mass is 10.1. The average Bonchev–Trinajstić information content (AvgIpc) is 3.45. The number of H-pyrrole nitrogens is 1. The van der Waals surface area contributed by atoms with Gasteiger partial charge in [-0.25, -0.2) is 0 Å². The van der Waals surface area contributed by atoms with Crippen LogP contribution >= 0.6 is 0 Å². The summed E-state index contributed by atoms with van der Waals surface area (Å²) < 4.78 is 5.10. The van der Waals surface area contributed by atoms with Gasteiger partial charge in [0.25, 0.3) is 0 Å². The number of aromatic nitrogens is 2. The van der Waals surface area contributed by atoms with Crippen molar-refractivity contribution in [2.75, 3.05) is 53.6 Å². The molecule has 2 N–H and O–H groups in total. The molecule has 28 heavy (non-hydrogen) atoms. The second-order valence-electron chi connectivity index (χ2n) is 6.54. The summed E-state index contributed by atoms with van der Waals surface area (Å²) >= 11 is 0. The minimum absolute atomic E-state index is 0.913. The lowest BCUT2D eigenvalue weighted by molar-refractivity contribution is 0.0503. The maximum absolute atomic E-state index is 7.00. The summed E-state index contributed by atoms with van der Waals surface area (Å²) in [6.45, 7) is 7.48. The molecule has 0 saturated carbocycles. The van der Waals surface area contributed by atoms with Crippen LogP contribution in [-0.2, 0) is 11.3 Å². The van der Waals surface area contributed by atoms with Crippen LogP contribution in [-0.4, -0.2) is 78.7 Å². The van der Waals surface area contributed by atoms with Crippen molar-refractivity contribution in [2.24, 2.45) is 0 Å². The van der Waals surface area contributed by atoms with Crippen LogP contribution in [0.3, 0.4) is 0 Å². The van der Waals surface area contributed by atoms with Gasteiger partial charge in [-0.2, -0.15) is 5.10 Å². The molecule has 2 fully saturated rings. The molecule has 2 aliphatic rings. The van der Waals surface area contributed by atoms with Gasteiger partial charge in [-0.15, -0.1) is 12.8 Å². The molecule has 154 valence electrons. The molecule has 4 rings (SSSR count). The summed E-state index contributed by atoms with van der Waals surface area (Å²) in [5.74, 6) is 0. The summed E-state index contributed by atoms with van der Waals surface area (Å²) in [5, 5.41) is 14.3. The predicted octanol–water partition coefficient (Wildman–Crippen LogP) is 2.48. The Labute approximate surface area is 169 Å². The molecule has 1 aromatic heterocycles. The summed E-state index contributed by atoms with van der Waals surface area (Å²) in [6, 6.07) is 10.4. The number of hydrogen-bond donors (Lipinski definition) is 2. The molecule has 2 aromatic rings. The minimum atomic E-state index is 0.913. The fourth-order valence-corrected chi connectivity index (χ4v) is 3.12. The lowest BCUT2D eigenvalue weighted by Crippen LogP contribution is -2.32. The molecule has 0 radical (unpaired) electrons. The van der Waals surface area contributed by atoms with Gasteiger partial charge >= 0.3 is 0 Å². The van der Waals surface area contributed by atoms with E-state index >= 15 is 0 Å². The van der Waals surface area contributed by atoms with Crippen LogP contribution in [0.5, 0.6) is 0 Å². The molecule has 1 aromatic carbocycles. The standard InChI is InChI=1S/C14H17N3.C5H11NO.C2H2.CH4O/c1-2-6-12(7-3-1)14-13(10-15-16-14)11-17-8-4-5-9-17;1-6-2-4-7-5-3-6;2*1-2/h1-3,6-7,10H,4-5,8-9,11H2,(H,15,16);2-5H2,1H3;1-2H;2H,1H3. The molecule has 6 heteroatoms. The van der Waals surface area contributed by atoms with E-state index in [9.17, 15) is 0 Å². The highest BCUT2D eigenvalue weighted by Crippen LogP contribution is 2.23. The molecular formula is C22H34N4O2. The zero-order valence-electron chi connectivity index (χ0n) is 17.2. The number of terminal acetylenes is 1. The largest absolute Gasteiger partial charge is 0.400 e. The number of rotatable bonds is 3. The first-order valence-electron chi connectivity index (χ1n) is 9.67. The Balaban J connectivity index is 0.000000299. The van der Waals surface area contributed by atoms with Crippen molar-refractivity contribution < 1.29 is 9.84 Å². The van der Waals surface area contributed by atoms with Crippen molar-refractivity contribution >= 4 is 0 Å². The van der Waals surface area contributed by atoms with Gasteiger partial charge in [0.1, 0.15) is 0 Å². The quantitative estimate of drug-likeness (QED) is 0.794. The van der Waals surface area contributed by atoms with E-state index in [-0.39, 0.29) is 0 Å². The highest BCUT2D eigenvalue weighted by molar-refractivity contribution is 5.62. The number of morpholine rings is 1. The third-order valence-corrected chi connectivity index (χ3v) is 4.61. The first-order chi connectivity index (χ1) is 13.8. The van der Waals surface area contributed by atoms with E-state index in [4.69, 9.17) is 9.84 Å². The third kappa shape index (κ3) is 8.24. The monoisotopic (exact) mass is 386 g/mol. The average molecular weight is 387 g/mol. The van der Waals surface area contributed by atoms with Gasteiger partial charge in [-0.05, 0) is 38.5 Å². The van der Waals surface area contributed by atoms with E-state index in [1.54, 1.807) is 0 Å². The van der Waals surface area contributed by atoms with E-state index in [2.05, 4.69) is 64.2 Å². The maximum Gasteiger partial charge on any atom is 0.0695 e. The zero-order valence-corrected chi connectivity index (χ0v) is 17.2. The summed E-state index contributed by atoms with van der Waals surface area (Å²) in [7, 11) is 3.11. The Morgan fingerprint density at radius 3 is 2.18 bits per heavy atom. The van der Waals surface area contributed by atoms with Crippen LogP contribution in [0, 0.1) is 12.8 Å². The Kier molecular flexibility index (Phi) is 12.6. The van der Waals surface area contributed by atoms with Gasteiger partial charge in [0.05, 0.1) is 25.1 Å². The Morgan fingerprint density at radius 2 is 1.64 bits per heavy atom. The number of nitrogens with zero attached hydrogens (tertiary/aromatic N) is 3. The van der Waals surface area contributed by atoms with Crippen molar-refractivity contribution in [3.63, 3.8) is 0 Å². The van der Waals surface area contributed by atoms with Crippen molar-refractivity contribution in [3.05, 3.63) is 42.1 Å². The summed E-state index contributed by atoms with van der Waals surface area (Å²) in [4.78, 5) is 4.76. The van der Waals surface area contributed by atoms with Crippen LogP contribution < -0.4 is 0 Å². The number of aliphatic hydroxyl groups excluding tert-OH is 1. The predicted molar refractivity (Wildman–Crippen MR) is 115 cm³/mol. The van der Waals surface area contributed by atoms with Crippen LogP contribution in [0.15, 0.2) is 36.5 Å². The number of aliphatic hydroxyl groups is 1. The number of likely N-dealkylation sites (tertiary alicyclic amines) is 1. The van der Waals surface area contributed by atoms with Crippen LogP contribution in [0.1, 0.15) is 18.4 Å². The first kappa shape index (κ1) is 23.9. The number of aromatic amines is 1. The fourth-order valence-electron chi connectivity index (χ4n) is 3.12. The molecule has 0 spiro atoms. The summed E-state index contributed by atoms with van der Waals surface area (Å²) in [6.07, 6.45) is 12.6. The minimum Gasteiger partial charge on any atom is -0.400 e. The molecule has 2 saturated heterocycles. The van der Waals surface area contributed by atoms with Gasteiger partial charge in [0.15, 0.2) is 0 Å². The molecule has 0 unspecified atom stereocenters. The van der Waals surface area contributed by atoms with Crippen LogP contribution in [0.25, 0.3) is 11.3 Å². The van der Waals surface area contributed by atoms with E-state index in [0.29, 0.717) is 0 Å². The van der Waals surface area contributed by atoms with Crippen LogP contribution in [0.4, 0.5) is 0 Å². The van der Waals surface area contributed by atoms with E-state index < -0.39 is 0 Å². The molecule has 3 heterocycles. The van der Waals surface area contributed by atoms with Crippen molar-refractivity contribution in [1.29, 1.82) is 0 Å². The lowest BCUT2D eigenvalue weighted by Gasteiger charge is -2.21. The van der Waals surface area contributed by atoms with Crippen LogP contribution in [0.2, 0.25) is 0 Å². The number of benzene rings is 1. The molecule has 0 atom stereocenters. The molecule has 2 aliphatic heterocycles. The molecule has 0 aliphatic carbocycles. The van der Waals surface area contributed by atoms with Gasteiger partial charge in [-0.1, -0.05) is 30.3 Å². The SMILES string of the molecule is C#C.CN1CCOCC1.CO.c1ccc(-c2[nH]ncc2CN2CCCC2)cc1. The molecule has 0 amide bonds. The highest BCUT2D eigenvalue weighted by Gasteiger charge is 2.15. The second-order valence-corrected chi connectivity index (χ2v) is 6.54. The molecular weight excluding hydrogens is 352 g/mol. The van der Waals surface area contributed by atoms with E-state index in [1.165, 1.54) is 37.1 Å². The second kappa shape index (κ2) is 14.8. The maximum atomic E-state index is 7.00. The number of ether oxygens (including phenoxy) is 1. The van der Waals surface area contributed by atoms with Gasteiger partial charge in [0.2, 0.25) is 0 Å². The van der Waals surface area contributed by atoms with Crippen molar-refractivity contribution in [2.45, 2.75) is 19.4 Å². The van der Waals surface area contributed by atoms with Gasteiger partial charge < -0.3 is 14.7 Å². The van der Waals surface area contributed by atoms with Crippen molar-refractivity contribution in [3.8, 4) is 24.1 Å². The Hall–Kier alpha value is -2.17. The third-order valence-electron chi connectivity index (χ3n) is 4.61. The fraction of sp³-hybridized carbons (Fsp3) is 0.500. The number of hydrogen-bond acceptors (Lipinski definition) is 5. The highest BCUT2D eigenvalue weighted by atomic mass is 16.5.